The molecule has 1 saturated heterocycles. The van der Waals surface area contributed by atoms with Gasteiger partial charge in [-0.3, -0.25) is 4.79 Å². The normalized spacial score (nSPS) is 16.4. The fourth-order valence-corrected chi connectivity index (χ4v) is 5.28. The number of likely N-dealkylation sites (tertiary alicyclic amines) is 1. The van der Waals surface area contributed by atoms with Gasteiger partial charge in [-0.25, -0.2) is 0 Å². The average molecular weight is 456 g/mol. The van der Waals surface area contributed by atoms with Crippen LogP contribution in [-0.4, -0.2) is 45.1 Å². The second-order valence-electron chi connectivity index (χ2n) is 8.96. The van der Waals surface area contributed by atoms with Gasteiger partial charge in [0, 0.05) is 22.9 Å². The van der Waals surface area contributed by atoms with Gasteiger partial charge in [0.15, 0.2) is 0 Å². The van der Waals surface area contributed by atoms with Gasteiger partial charge in [0.25, 0.3) is 15.9 Å². The molecular formula is C25H33N3O3S. The molecule has 1 aliphatic heterocycles. The van der Waals surface area contributed by atoms with Crippen LogP contribution in [0, 0.1) is 12.8 Å². The Hall–Kier alpha value is -2.51. The van der Waals surface area contributed by atoms with E-state index in [-0.39, 0.29) is 22.6 Å². The predicted octanol–water partition coefficient (Wildman–Crippen LogP) is 4.86. The van der Waals surface area contributed by atoms with Gasteiger partial charge < -0.3 is 10.2 Å². The van der Waals surface area contributed by atoms with Crippen LogP contribution in [0.1, 0.15) is 61.0 Å². The molecule has 2 aromatic carbocycles. The number of carbonyl (C=O) groups excluding carboxylic acids is 1. The molecule has 3 rings (SSSR count). The number of benzene rings is 2. The van der Waals surface area contributed by atoms with E-state index < -0.39 is 10.0 Å². The van der Waals surface area contributed by atoms with Crippen LogP contribution in [0.15, 0.2) is 51.8 Å². The fourth-order valence-electron chi connectivity index (χ4n) is 4.08. The fraction of sp³-hybridized carbons (Fsp3) is 0.440. The molecule has 0 atom stereocenters. The van der Waals surface area contributed by atoms with E-state index in [0.717, 1.165) is 31.5 Å². The predicted molar refractivity (Wildman–Crippen MR) is 130 cm³/mol. The van der Waals surface area contributed by atoms with Gasteiger partial charge in [-0.15, -0.1) is 0 Å². The summed E-state index contributed by atoms with van der Waals surface area (Å²) in [5, 5.41) is 2.92. The number of aryl methyl sites for hydroxylation is 1. The van der Waals surface area contributed by atoms with Crippen LogP contribution in [0.5, 0.6) is 0 Å². The maximum atomic E-state index is 12.9. The summed E-state index contributed by atoms with van der Waals surface area (Å²) in [5.41, 5.74) is 3.52. The van der Waals surface area contributed by atoms with Crippen molar-refractivity contribution in [2.45, 2.75) is 51.3 Å². The molecule has 0 aromatic heterocycles. The average Bonchev–Trinajstić information content (AvgIpc) is 2.75. The van der Waals surface area contributed by atoms with Crippen molar-refractivity contribution in [2.24, 2.45) is 10.3 Å². The Balaban J connectivity index is 1.79. The first kappa shape index (κ1) is 24.1. The number of nitrogens with one attached hydrogen (secondary N) is 1. The third-order valence-corrected chi connectivity index (χ3v) is 7.52. The van der Waals surface area contributed by atoms with Gasteiger partial charge in [-0.2, -0.15) is 12.8 Å². The Morgan fingerprint density at radius 2 is 1.78 bits per heavy atom. The standard InChI is InChI=1S/C25H33N3O3S/c1-17(2)22-8-6-7-9-23(22)25(29)26-24-11-10-21(16-18(24)3)32(30,31)27-19(4)20-12-14-28(5)15-13-20/h6-11,16-17,20H,12-15H2,1-5H3,(H,26,29)/b27-19-. The summed E-state index contributed by atoms with van der Waals surface area (Å²) in [6.45, 7) is 9.59. The molecule has 172 valence electrons. The van der Waals surface area contributed by atoms with Gasteiger partial charge in [-0.05, 0) is 88.1 Å². The first-order valence-electron chi connectivity index (χ1n) is 11.1. The molecule has 0 unspecified atom stereocenters. The van der Waals surface area contributed by atoms with Crippen LogP contribution in [0.2, 0.25) is 0 Å². The number of anilines is 1. The van der Waals surface area contributed by atoms with Crippen LogP contribution < -0.4 is 5.32 Å². The molecule has 1 heterocycles. The van der Waals surface area contributed by atoms with Gasteiger partial charge in [0.05, 0.1) is 4.90 Å². The number of hydrogen-bond donors (Lipinski definition) is 1. The van der Waals surface area contributed by atoms with Crippen LogP contribution >= 0.6 is 0 Å². The number of hydrogen-bond acceptors (Lipinski definition) is 4. The first-order chi connectivity index (χ1) is 15.1. The molecule has 6 nitrogen and oxygen atoms in total. The zero-order valence-corrected chi connectivity index (χ0v) is 20.4. The largest absolute Gasteiger partial charge is 0.322 e. The van der Waals surface area contributed by atoms with Gasteiger partial charge >= 0.3 is 0 Å². The Morgan fingerprint density at radius 1 is 1.12 bits per heavy atom. The van der Waals surface area contributed by atoms with Crippen LogP contribution in [0.4, 0.5) is 5.69 Å². The van der Waals surface area contributed by atoms with E-state index in [2.05, 4.69) is 21.7 Å². The SMILES string of the molecule is C/C(=N/S(=O)(=O)c1ccc(NC(=O)c2ccccc2C(C)C)c(C)c1)C1CCN(C)CC1. The lowest BCUT2D eigenvalue weighted by Crippen LogP contribution is -2.33. The van der Waals surface area contributed by atoms with Crippen molar-refractivity contribution in [2.75, 3.05) is 25.5 Å². The molecule has 32 heavy (non-hydrogen) atoms. The van der Waals surface area contributed by atoms with E-state index in [1.54, 1.807) is 32.0 Å². The smallest absolute Gasteiger partial charge is 0.282 e. The van der Waals surface area contributed by atoms with E-state index in [0.29, 0.717) is 22.5 Å². The maximum Gasteiger partial charge on any atom is 0.282 e. The minimum atomic E-state index is -3.80. The quantitative estimate of drug-likeness (QED) is 0.631. The van der Waals surface area contributed by atoms with Crippen molar-refractivity contribution in [3.05, 3.63) is 59.2 Å². The molecule has 1 amide bonds. The topological polar surface area (TPSA) is 78.8 Å². The zero-order valence-electron chi connectivity index (χ0n) is 19.6. The van der Waals surface area contributed by atoms with Crippen molar-refractivity contribution in [1.29, 1.82) is 0 Å². The Bertz CT molecular complexity index is 1120. The van der Waals surface area contributed by atoms with E-state index in [1.165, 1.54) is 6.07 Å². The van der Waals surface area contributed by atoms with Crippen LogP contribution in [-0.2, 0) is 10.0 Å². The van der Waals surface area contributed by atoms with Crippen molar-refractivity contribution >= 4 is 27.3 Å². The summed E-state index contributed by atoms with van der Waals surface area (Å²) in [5.74, 6) is 0.210. The van der Waals surface area contributed by atoms with Gasteiger partial charge in [0.2, 0.25) is 0 Å². The number of sulfonamides is 1. The van der Waals surface area contributed by atoms with Gasteiger partial charge in [-0.1, -0.05) is 32.0 Å². The summed E-state index contributed by atoms with van der Waals surface area (Å²) in [7, 11) is -1.73. The molecule has 1 fully saturated rings. The number of nitrogens with zero attached hydrogens (tertiary/aromatic N) is 2. The second kappa shape index (κ2) is 9.96. The molecule has 2 aromatic rings. The monoisotopic (exact) mass is 455 g/mol. The number of rotatable bonds is 6. The summed E-state index contributed by atoms with van der Waals surface area (Å²) in [4.78, 5) is 15.2. The lowest BCUT2D eigenvalue weighted by atomic mass is 9.93. The van der Waals surface area contributed by atoms with Crippen molar-refractivity contribution in [3.63, 3.8) is 0 Å². The summed E-state index contributed by atoms with van der Waals surface area (Å²) >= 11 is 0. The highest BCUT2D eigenvalue weighted by Crippen LogP contribution is 2.25. The van der Waals surface area contributed by atoms with E-state index >= 15 is 0 Å². The molecule has 1 N–H and O–H groups in total. The van der Waals surface area contributed by atoms with E-state index in [4.69, 9.17) is 0 Å². The summed E-state index contributed by atoms with van der Waals surface area (Å²) in [6, 6.07) is 12.2. The molecule has 0 radical (unpaired) electrons. The number of amides is 1. The molecular weight excluding hydrogens is 422 g/mol. The van der Waals surface area contributed by atoms with Crippen LogP contribution in [0.3, 0.4) is 0 Å². The Labute approximate surface area is 191 Å². The lowest BCUT2D eigenvalue weighted by molar-refractivity contribution is 0.102. The zero-order chi connectivity index (χ0) is 23.5. The minimum absolute atomic E-state index is 0.142. The molecule has 7 heteroatoms. The first-order valence-corrected chi connectivity index (χ1v) is 12.5. The maximum absolute atomic E-state index is 12.9. The highest BCUT2D eigenvalue weighted by atomic mass is 32.2. The summed E-state index contributed by atoms with van der Waals surface area (Å²) < 4.78 is 29.9. The van der Waals surface area contributed by atoms with Crippen molar-refractivity contribution in [1.82, 2.24) is 4.90 Å². The number of piperidine rings is 1. The molecule has 0 spiro atoms. The van der Waals surface area contributed by atoms with E-state index in [1.807, 2.05) is 32.0 Å². The molecule has 0 saturated carbocycles. The summed E-state index contributed by atoms with van der Waals surface area (Å²) in [6.07, 6.45) is 1.84. The second-order valence-corrected chi connectivity index (χ2v) is 10.6. The molecule has 0 aliphatic carbocycles. The molecule has 1 aliphatic rings. The Morgan fingerprint density at radius 3 is 2.41 bits per heavy atom. The van der Waals surface area contributed by atoms with E-state index in [9.17, 15) is 13.2 Å². The van der Waals surface area contributed by atoms with Gasteiger partial charge in [0.1, 0.15) is 0 Å². The highest BCUT2D eigenvalue weighted by molar-refractivity contribution is 7.90. The van der Waals surface area contributed by atoms with Crippen molar-refractivity contribution < 1.29 is 13.2 Å². The minimum Gasteiger partial charge on any atom is -0.322 e. The highest BCUT2D eigenvalue weighted by Gasteiger charge is 2.22. The third kappa shape index (κ3) is 5.64. The lowest BCUT2D eigenvalue weighted by Gasteiger charge is -2.28. The Kier molecular flexibility index (Phi) is 7.51. The third-order valence-electron chi connectivity index (χ3n) is 6.14. The van der Waals surface area contributed by atoms with Crippen LogP contribution in [0.25, 0.3) is 0 Å². The molecule has 0 bridgehead atoms. The number of carbonyl (C=O) groups is 1. The van der Waals surface area contributed by atoms with Crippen molar-refractivity contribution in [3.8, 4) is 0 Å².